The molecule has 0 aliphatic carbocycles. The van der Waals surface area contributed by atoms with Gasteiger partial charge in [0.15, 0.2) is 0 Å². The summed E-state index contributed by atoms with van der Waals surface area (Å²) in [6, 6.07) is 3.99. The third kappa shape index (κ3) is 4.06. The topological polar surface area (TPSA) is 38.3 Å². The maximum absolute atomic E-state index is 13.0. The number of anilines is 1. The zero-order valence-corrected chi connectivity index (χ0v) is 10.1. The molecule has 0 atom stereocenters. The summed E-state index contributed by atoms with van der Waals surface area (Å²) in [5, 5.41) is 2.42. The monoisotopic (exact) mass is 245 g/mol. The van der Waals surface area contributed by atoms with Gasteiger partial charge in [0.1, 0.15) is 11.4 Å². The van der Waals surface area contributed by atoms with Crippen molar-refractivity contribution in [1.82, 2.24) is 0 Å². The van der Waals surface area contributed by atoms with Crippen molar-refractivity contribution in [3.63, 3.8) is 0 Å². The van der Waals surface area contributed by atoms with Gasteiger partial charge in [0, 0.05) is 5.69 Å². The van der Waals surface area contributed by atoms with Crippen LogP contribution in [-0.2, 0) is 4.74 Å². The van der Waals surface area contributed by atoms with E-state index >= 15 is 0 Å². The van der Waals surface area contributed by atoms with Crippen LogP contribution in [0, 0.1) is 5.82 Å². The summed E-state index contributed by atoms with van der Waals surface area (Å²) in [6.07, 6.45) is -0.630. The number of carbonyl (C=O) groups excluding carboxylic acids is 1. The molecule has 1 aromatic rings. The maximum atomic E-state index is 13.0. The van der Waals surface area contributed by atoms with Gasteiger partial charge in [-0.2, -0.15) is 0 Å². The first kappa shape index (κ1) is 12.8. The van der Waals surface area contributed by atoms with Gasteiger partial charge in [0.2, 0.25) is 0 Å². The molecule has 5 heteroatoms. The Hall–Kier alpha value is -1.29. The van der Waals surface area contributed by atoms with Crippen LogP contribution < -0.4 is 5.32 Å². The van der Waals surface area contributed by atoms with Crippen LogP contribution in [0.25, 0.3) is 0 Å². The van der Waals surface area contributed by atoms with E-state index in [1.54, 1.807) is 20.8 Å². The van der Waals surface area contributed by atoms with Crippen LogP contribution in [0.15, 0.2) is 18.2 Å². The first-order valence-electron chi connectivity index (χ1n) is 4.73. The Labute approximate surface area is 98.5 Å². The average Bonchev–Trinajstić information content (AvgIpc) is 2.08. The maximum Gasteiger partial charge on any atom is 0.412 e. The molecule has 0 radical (unpaired) electrons. The van der Waals surface area contributed by atoms with Crippen molar-refractivity contribution in [2.75, 3.05) is 5.32 Å². The van der Waals surface area contributed by atoms with Crippen LogP contribution in [0.1, 0.15) is 20.8 Å². The van der Waals surface area contributed by atoms with Crippen LogP contribution in [0.3, 0.4) is 0 Å². The summed E-state index contributed by atoms with van der Waals surface area (Å²) in [5.74, 6) is -0.588. The van der Waals surface area contributed by atoms with E-state index in [1.807, 2.05) is 0 Å². The number of hydrogen-bond acceptors (Lipinski definition) is 2. The number of ether oxygens (including phenoxy) is 1. The summed E-state index contributed by atoms with van der Waals surface area (Å²) < 4.78 is 18.0. The highest BCUT2D eigenvalue weighted by atomic mass is 35.5. The molecule has 1 N–H and O–H groups in total. The van der Waals surface area contributed by atoms with Gasteiger partial charge in [-0.25, -0.2) is 9.18 Å². The molecule has 16 heavy (non-hydrogen) atoms. The minimum atomic E-state index is -0.630. The van der Waals surface area contributed by atoms with E-state index in [9.17, 15) is 9.18 Å². The summed E-state index contributed by atoms with van der Waals surface area (Å²) in [6.45, 7) is 5.24. The predicted octanol–water partition coefficient (Wildman–Crippen LogP) is 3.83. The molecule has 88 valence electrons. The molecule has 0 aromatic heterocycles. The van der Waals surface area contributed by atoms with Gasteiger partial charge in [0.25, 0.3) is 0 Å². The minimum absolute atomic E-state index is 0.00902. The van der Waals surface area contributed by atoms with Crippen LogP contribution in [0.2, 0.25) is 5.02 Å². The van der Waals surface area contributed by atoms with Crippen molar-refractivity contribution in [3.8, 4) is 0 Å². The third-order valence-corrected chi connectivity index (χ3v) is 1.87. The van der Waals surface area contributed by atoms with Crippen LogP contribution in [0.5, 0.6) is 0 Å². The number of benzene rings is 1. The highest BCUT2D eigenvalue weighted by Gasteiger charge is 2.16. The Morgan fingerprint density at radius 2 is 2.06 bits per heavy atom. The molecule has 1 amide bonds. The third-order valence-electron chi connectivity index (χ3n) is 1.56. The van der Waals surface area contributed by atoms with Gasteiger partial charge in [0.05, 0.1) is 5.02 Å². The molecule has 0 spiro atoms. The average molecular weight is 246 g/mol. The summed E-state index contributed by atoms with van der Waals surface area (Å²) in [7, 11) is 0. The Kier molecular flexibility index (Phi) is 3.75. The molecule has 1 rings (SSSR count). The van der Waals surface area contributed by atoms with Crippen LogP contribution in [0.4, 0.5) is 14.9 Å². The first-order valence-corrected chi connectivity index (χ1v) is 5.11. The van der Waals surface area contributed by atoms with Crippen molar-refractivity contribution >= 4 is 23.4 Å². The molecule has 0 heterocycles. The molecule has 0 aliphatic heterocycles. The molecule has 0 saturated heterocycles. The second-order valence-corrected chi connectivity index (χ2v) is 4.66. The van der Waals surface area contributed by atoms with E-state index in [4.69, 9.17) is 16.3 Å². The lowest BCUT2D eigenvalue weighted by atomic mass is 10.2. The Morgan fingerprint density at radius 3 is 2.56 bits per heavy atom. The number of hydrogen-bond donors (Lipinski definition) is 1. The normalized spacial score (nSPS) is 11.1. The molecule has 3 nitrogen and oxygen atoms in total. The van der Waals surface area contributed by atoms with Gasteiger partial charge in [-0.05, 0) is 39.0 Å². The summed E-state index contributed by atoms with van der Waals surface area (Å²) >= 11 is 5.50. The highest BCUT2D eigenvalue weighted by Crippen LogP contribution is 2.19. The Balaban J connectivity index is 2.67. The van der Waals surface area contributed by atoms with Gasteiger partial charge in [-0.3, -0.25) is 5.32 Å². The minimum Gasteiger partial charge on any atom is -0.444 e. The zero-order chi connectivity index (χ0) is 12.3. The second kappa shape index (κ2) is 4.70. The number of amides is 1. The van der Waals surface area contributed by atoms with Crippen LogP contribution in [-0.4, -0.2) is 11.7 Å². The molecular formula is C11H13ClFNO2. The molecule has 1 aromatic carbocycles. The molecule has 0 aliphatic rings. The van der Waals surface area contributed by atoms with Gasteiger partial charge < -0.3 is 4.74 Å². The standard InChI is InChI=1S/C11H13ClFNO2/c1-11(2,3)16-10(15)14-7-4-5-8(12)9(13)6-7/h4-6H,1-3H3,(H,14,15). The quantitative estimate of drug-likeness (QED) is 0.817. The fourth-order valence-corrected chi connectivity index (χ4v) is 1.11. The molecule has 0 fully saturated rings. The van der Waals surface area contributed by atoms with E-state index in [0.717, 1.165) is 6.07 Å². The zero-order valence-electron chi connectivity index (χ0n) is 9.30. The number of nitrogens with one attached hydrogen (secondary N) is 1. The SMILES string of the molecule is CC(C)(C)OC(=O)Nc1ccc(Cl)c(F)c1. The molecule has 0 bridgehead atoms. The fraction of sp³-hybridized carbons (Fsp3) is 0.364. The fourth-order valence-electron chi connectivity index (χ4n) is 0.995. The van der Waals surface area contributed by atoms with Crippen molar-refractivity contribution < 1.29 is 13.9 Å². The lowest BCUT2D eigenvalue weighted by Crippen LogP contribution is -2.27. The van der Waals surface area contributed by atoms with E-state index in [0.29, 0.717) is 5.69 Å². The Bertz CT molecular complexity index is 401. The summed E-state index contributed by atoms with van der Waals surface area (Å²) in [4.78, 5) is 11.3. The number of rotatable bonds is 1. The number of carbonyl (C=O) groups is 1. The lowest BCUT2D eigenvalue weighted by Gasteiger charge is -2.19. The van der Waals surface area contributed by atoms with E-state index in [-0.39, 0.29) is 5.02 Å². The van der Waals surface area contributed by atoms with Crippen molar-refractivity contribution in [2.45, 2.75) is 26.4 Å². The lowest BCUT2D eigenvalue weighted by molar-refractivity contribution is 0.0636. The smallest absolute Gasteiger partial charge is 0.412 e. The van der Waals surface area contributed by atoms with Crippen molar-refractivity contribution in [1.29, 1.82) is 0 Å². The number of halogens is 2. The van der Waals surface area contributed by atoms with Crippen molar-refractivity contribution in [3.05, 3.63) is 29.0 Å². The Morgan fingerprint density at radius 1 is 1.44 bits per heavy atom. The molecule has 0 unspecified atom stereocenters. The predicted molar refractivity (Wildman–Crippen MR) is 61.3 cm³/mol. The highest BCUT2D eigenvalue weighted by molar-refractivity contribution is 6.30. The first-order chi connectivity index (χ1) is 7.28. The van der Waals surface area contributed by atoms with E-state index < -0.39 is 17.5 Å². The van der Waals surface area contributed by atoms with Gasteiger partial charge in [-0.1, -0.05) is 11.6 Å². The summed E-state index contributed by atoms with van der Waals surface area (Å²) in [5.41, 5.74) is -0.286. The molecule has 0 saturated carbocycles. The van der Waals surface area contributed by atoms with E-state index in [2.05, 4.69) is 5.32 Å². The molecular weight excluding hydrogens is 233 g/mol. The largest absolute Gasteiger partial charge is 0.444 e. The van der Waals surface area contributed by atoms with Crippen LogP contribution >= 0.6 is 11.6 Å². The second-order valence-electron chi connectivity index (χ2n) is 4.26. The van der Waals surface area contributed by atoms with Gasteiger partial charge >= 0.3 is 6.09 Å². The van der Waals surface area contributed by atoms with E-state index in [1.165, 1.54) is 12.1 Å². The van der Waals surface area contributed by atoms with Crippen molar-refractivity contribution in [2.24, 2.45) is 0 Å². The van der Waals surface area contributed by atoms with Gasteiger partial charge in [-0.15, -0.1) is 0 Å².